The lowest BCUT2D eigenvalue weighted by Crippen LogP contribution is -2.49. The van der Waals surface area contributed by atoms with Gasteiger partial charge < -0.3 is 5.73 Å². The molecule has 0 aliphatic heterocycles. The van der Waals surface area contributed by atoms with Crippen LogP contribution in [0.25, 0.3) is 11.1 Å². The lowest BCUT2D eigenvalue weighted by molar-refractivity contribution is -0.190. The monoisotopic (exact) mass is 439 g/mol. The van der Waals surface area contributed by atoms with Crippen LogP contribution in [0.5, 0.6) is 0 Å². The number of carbonyl (C=O) groups excluding carboxylic acids is 1. The van der Waals surface area contributed by atoms with Crippen molar-refractivity contribution in [2.24, 2.45) is 5.73 Å². The van der Waals surface area contributed by atoms with Gasteiger partial charge in [-0.2, -0.15) is 18.4 Å². The second kappa shape index (κ2) is 8.85. The molecular weight excluding hydrogens is 419 g/mol. The number of nitriles is 1. The van der Waals surface area contributed by atoms with Crippen molar-refractivity contribution in [1.82, 2.24) is 4.90 Å². The number of nitrogens with zero attached hydrogens (tertiary/aromatic N) is 2. The lowest BCUT2D eigenvalue weighted by Gasteiger charge is -2.34. The fraction of sp³-hybridized carbons (Fsp3) is 0.300. The molecule has 0 saturated heterocycles. The first-order chi connectivity index (χ1) is 13.9. The highest BCUT2D eigenvalue weighted by molar-refractivity contribution is 7.90. The minimum absolute atomic E-state index is 0.132. The molecule has 1 amide bonds. The second-order valence-electron chi connectivity index (χ2n) is 6.77. The highest BCUT2D eigenvalue weighted by Crippen LogP contribution is 2.39. The van der Waals surface area contributed by atoms with Crippen molar-refractivity contribution in [3.05, 3.63) is 54.1 Å². The Morgan fingerprint density at radius 2 is 1.57 bits per heavy atom. The van der Waals surface area contributed by atoms with Crippen molar-refractivity contribution in [2.75, 3.05) is 12.8 Å². The normalized spacial score (nSPS) is 14.2. The van der Waals surface area contributed by atoms with E-state index in [1.165, 1.54) is 43.3 Å². The molecule has 10 heteroatoms. The molecular formula is C20H20F3N3O3S. The van der Waals surface area contributed by atoms with E-state index in [1.54, 1.807) is 18.2 Å². The van der Waals surface area contributed by atoms with Crippen LogP contribution in [0.2, 0.25) is 0 Å². The number of carbonyl (C=O) groups is 1. The summed E-state index contributed by atoms with van der Waals surface area (Å²) < 4.78 is 64.6. The van der Waals surface area contributed by atoms with Gasteiger partial charge in [-0.3, -0.25) is 9.69 Å². The molecule has 0 radical (unpaired) electrons. The molecule has 2 aromatic carbocycles. The number of hydrogen-bond acceptors (Lipinski definition) is 5. The van der Waals surface area contributed by atoms with E-state index in [2.05, 4.69) is 0 Å². The van der Waals surface area contributed by atoms with E-state index in [9.17, 15) is 26.4 Å². The Morgan fingerprint density at radius 3 is 1.93 bits per heavy atom. The van der Waals surface area contributed by atoms with E-state index in [4.69, 9.17) is 11.0 Å². The van der Waals surface area contributed by atoms with Crippen molar-refractivity contribution in [3.63, 3.8) is 0 Å². The first-order valence-electron chi connectivity index (χ1n) is 8.75. The number of halogens is 3. The molecule has 2 atom stereocenters. The van der Waals surface area contributed by atoms with Gasteiger partial charge in [0.1, 0.15) is 6.04 Å². The molecule has 0 spiro atoms. The third-order valence-corrected chi connectivity index (χ3v) is 5.77. The fourth-order valence-corrected chi connectivity index (χ4v) is 3.65. The summed E-state index contributed by atoms with van der Waals surface area (Å²) >= 11 is 0. The van der Waals surface area contributed by atoms with Gasteiger partial charge in [0, 0.05) is 6.26 Å². The van der Waals surface area contributed by atoms with Crippen molar-refractivity contribution >= 4 is 15.7 Å². The Balaban J connectivity index is 2.43. The maximum atomic E-state index is 13.8. The molecule has 160 valence electrons. The Morgan fingerprint density at radius 1 is 1.10 bits per heavy atom. The smallest absolute Gasteiger partial charge is 0.368 e. The molecule has 2 aromatic rings. The number of nitrogens with two attached hydrogens (primary N) is 1. The van der Waals surface area contributed by atoms with Crippen LogP contribution < -0.4 is 5.73 Å². The predicted molar refractivity (Wildman–Crippen MR) is 105 cm³/mol. The number of primary amides is 1. The molecule has 2 rings (SSSR count). The summed E-state index contributed by atoms with van der Waals surface area (Å²) in [5.41, 5.74) is 6.22. The van der Waals surface area contributed by atoms with Crippen LogP contribution in [0.15, 0.2) is 53.4 Å². The molecule has 6 nitrogen and oxygen atoms in total. The molecule has 30 heavy (non-hydrogen) atoms. The van der Waals surface area contributed by atoms with Crippen LogP contribution >= 0.6 is 0 Å². The van der Waals surface area contributed by atoms with Crippen LogP contribution in [-0.4, -0.2) is 44.2 Å². The minimum Gasteiger partial charge on any atom is -0.368 e. The summed E-state index contributed by atoms with van der Waals surface area (Å²) in [4.78, 5) is 12.3. The van der Waals surface area contributed by atoms with Gasteiger partial charge in [0.25, 0.3) is 0 Å². The largest absolute Gasteiger partial charge is 0.408 e. The Hall–Kier alpha value is -2.90. The van der Waals surface area contributed by atoms with E-state index in [-0.39, 0.29) is 10.5 Å². The van der Waals surface area contributed by atoms with Crippen molar-refractivity contribution in [2.45, 2.75) is 30.1 Å². The zero-order valence-electron chi connectivity index (χ0n) is 16.2. The van der Waals surface area contributed by atoms with Crippen LogP contribution in [0.3, 0.4) is 0 Å². The van der Waals surface area contributed by atoms with E-state index < -0.39 is 40.5 Å². The summed E-state index contributed by atoms with van der Waals surface area (Å²) in [6.07, 6.45) is -3.67. The average Bonchev–Trinajstić information content (AvgIpc) is 2.66. The van der Waals surface area contributed by atoms with Gasteiger partial charge in [-0.25, -0.2) is 8.42 Å². The number of benzene rings is 2. The van der Waals surface area contributed by atoms with Crippen LogP contribution in [-0.2, 0) is 14.6 Å². The third kappa shape index (κ3) is 5.37. The summed E-state index contributed by atoms with van der Waals surface area (Å²) in [7, 11) is -3.36. The standard InChI is InChI=1S/C20H20F3N3O3S/c1-13(19(25)27)26(12-11-24)18(20(21,22)23)16-5-3-14(4-6-16)15-7-9-17(10-8-15)30(2,28)29/h3-10,13,18H,12H2,1-2H3,(H2,25,27)/t13-,18-/m0/s1. The zero-order chi connectivity index (χ0) is 22.7. The molecule has 2 N–H and O–H groups in total. The van der Waals surface area contributed by atoms with Gasteiger partial charge in [-0.1, -0.05) is 36.4 Å². The van der Waals surface area contributed by atoms with E-state index in [1.807, 2.05) is 0 Å². The molecule has 0 aliphatic rings. The molecule has 0 aliphatic carbocycles. The number of alkyl halides is 3. The number of rotatable bonds is 7. The molecule has 0 unspecified atom stereocenters. The average molecular weight is 439 g/mol. The highest BCUT2D eigenvalue weighted by Gasteiger charge is 2.46. The second-order valence-corrected chi connectivity index (χ2v) is 8.79. The molecule has 0 aromatic heterocycles. The summed E-state index contributed by atoms with van der Waals surface area (Å²) in [6.45, 7) is 0.582. The number of sulfone groups is 1. The quantitative estimate of drug-likeness (QED) is 0.668. The van der Waals surface area contributed by atoms with Gasteiger partial charge >= 0.3 is 6.18 Å². The first kappa shape index (κ1) is 23.4. The summed E-state index contributed by atoms with van der Waals surface area (Å²) in [6, 6.07) is 9.55. The molecule has 0 heterocycles. The van der Waals surface area contributed by atoms with Crippen LogP contribution in [0, 0.1) is 11.3 Å². The molecule has 0 fully saturated rings. The maximum Gasteiger partial charge on any atom is 0.408 e. The lowest BCUT2D eigenvalue weighted by atomic mass is 9.98. The van der Waals surface area contributed by atoms with Crippen LogP contribution in [0.4, 0.5) is 13.2 Å². The van der Waals surface area contributed by atoms with Gasteiger partial charge in [-0.05, 0) is 35.7 Å². The summed E-state index contributed by atoms with van der Waals surface area (Å²) in [5, 5.41) is 8.95. The fourth-order valence-electron chi connectivity index (χ4n) is 3.02. The zero-order valence-corrected chi connectivity index (χ0v) is 17.0. The number of hydrogen-bond donors (Lipinski definition) is 1. The SMILES string of the molecule is C[C@@H](C(N)=O)N(CC#N)[C@@H](c1ccc(-c2ccc(S(C)(=O)=O)cc2)cc1)C(F)(F)F. The molecule has 0 bridgehead atoms. The van der Waals surface area contributed by atoms with Gasteiger partial charge in [-0.15, -0.1) is 0 Å². The Bertz CT molecular complexity index is 1040. The Labute approximate surface area is 172 Å². The van der Waals surface area contributed by atoms with Gasteiger partial charge in [0.15, 0.2) is 9.84 Å². The third-order valence-electron chi connectivity index (χ3n) is 4.65. The van der Waals surface area contributed by atoms with Gasteiger partial charge in [0.2, 0.25) is 5.91 Å². The van der Waals surface area contributed by atoms with Crippen LogP contribution in [0.1, 0.15) is 18.5 Å². The van der Waals surface area contributed by atoms with E-state index in [0.29, 0.717) is 16.0 Å². The van der Waals surface area contributed by atoms with E-state index in [0.717, 1.165) is 6.26 Å². The Kier molecular flexibility index (Phi) is 6.90. The van der Waals surface area contributed by atoms with Crippen molar-refractivity contribution in [3.8, 4) is 17.2 Å². The predicted octanol–water partition coefficient (Wildman–Crippen LogP) is 3.06. The van der Waals surface area contributed by atoms with Crippen molar-refractivity contribution in [1.29, 1.82) is 5.26 Å². The van der Waals surface area contributed by atoms with E-state index >= 15 is 0 Å². The highest BCUT2D eigenvalue weighted by atomic mass is 32.2. The maximum absolute atomic E-state index is 13.8. The molecule has 0 saturated carbocycles. The summed E-state index contributed by atoms with van der Waals surface area (Å²) in [5.74, 6) is -0.970. The minimum atomic E-state index is -4.75. The van der Waals surface area contributed by atoms with Crippen molar-refractivity contribution < 1.29 is 26.4 Å². The van der Waals surface area contributed by atoms with Gasteiger partial charge in [0.05, 0.1) is 23.6 Å². The number of amides is 1. The topological polar surface area (TPSA) is 104 Å². The first-order valence-corrected chi connectivity index (χ1v) is 10.6.